The van der Waals surface area contributed by atoms with E-state index in [1.54, 1.807) is 4.90 Å². The summed E-state index contributed by atoms with van der Waals surface area (Å²) in [5.41, 5.74) is 0.00984. The second-order valence-electron chi connectivity index (χ2n) is 5.59. The first-order valence-electron chi connectivity index (χ1n) is 6.74. The van der Waals surface area contributed by atoms with Gasteiger partial charge in [0.25, 0.3) is 15.0 Å². The fraction of sp³-hybridized carbons (Fsp3) is 0.500. The smallest absolute Gasteiger partial charge is 0.261 e. The topological polar surface area (TPSA) is 54.5 Å². The number of rotatable bonds is 2. The molecule has 0 N–H and O–H groups in total. The fourth-order valence-corrected chi connectivity index (χ4v) is 3.49. The monoisotopic (exact) mass is 333 g/mol. The third kappa shape index (κ3) is 3.74. The second-order valence-corrected chi connectivity index (χ2v) is 8.16. The molecule has 1 aliphatic heterocycles. The Morgan fingerprint density at radius 2 is 2.00 bits per heavy atom. The number of hydrogen-bond acceptors (Lipinski definition) is 3. The SMILES string of the molecule is CC1CCN(C(=O)c2cc(F)cc(S(=O)(=O)Cl)c2)C(C)C1. The van der Waals surface area contributed by atoms with Crippen LogP contribution in [0.2, 0.25) is 0 Å². The van der Waals surface area contributed by atoms with Crippen LogP contribution in [0.4, 0.5) is 4.39 Å². The highest BCUT2D eigenvalue weighted by atomic mass is 35.7. The zero-order chi connectivity index (χ0) is 15.8. The van der Waals surface area contributed by atoms with Gasteiger partial charge in [-0.15, -0.1) is 0 Å². The molecule has 2 atom stereocenters. The van der Waals surface area contributed by atoms with Gasteiger partial charge in [0.1, 0.15) is 5.82 Å². The van der Waals surface area contributed by atoms with Crippen LogP contribution in [0, 0.1) is 11.7 Å². The van der Waals surface area contributed by atoms with Crippen molar-refractivity contribution in [1.29, 1.82) is 0 Å². The summed E-state index contributed by atoms with van der Waals surface area (Å²) in [4.78, 5) is 13.7. The molecule has 21 heavy (non-hydrogen) atoms. The van der Waals surface area contributed by atoms with Gasteiger partial charge in [-0.05, 0) is 43.9 Å². The molecule has 0 saturated carbocycles. The van der Waals surface area contributed by atoms with Gasteiger partial charge in [-0.1, -0.05) is 6.92 Å². The highest BCUT2D eigenvalue weighted by molar-refractivity contribution is 8.13. The maximum atomic E-state index is 13.6. The lowest BCUT2D eigenvalue weighted by atomic mass is 9.93. The third-order valence-corrected chi connectivity index (χ3v) is 5.13. The fourth-order valence-electron chi connectivity index (χ4n) is 2.70. The molecule has 2 unspecified atom stereocenters. The zero-order valence-corrected chi connectivity index (χ0v) is 13.4. The van der Waals surface area contributed by atoms with Gasteiger partial charge < -0.3 is 4.90 Å². The zero-order valence-electron chi connectivity index (χ0n) is 11.8. The van der Waals surface area contributed by atoms with Gasteiger partial charge in [-0.2, -0.15) is 0 Å². The standard InChI is InChI=1S/C14H17ClFNO3S/c1-9-3-4-17(10(2)5-9)14(18)11-6-12(16)8-13(7-11)21(15,19)20/h6-10H,3-5H2,1-2H3. The molecule has 1 heterocycles. The van der Waals surface area contributed by atoms with Gasteiger partial charge in [0.2, 0.25) is 0 Å². The van der Waals surface area contributed by atoms with Crippen LogP contribution in [-0.4, -0.2) is 31.8 Å². The van der Waals surface area contributed by atoms with E-state index in [4.69, 9.17) is 10.7 Å². The largest absolute Gasteiger partial charge is 0.336 e. The Morgan fingerprint density at radius 1 is 1.33 bits per heavy atom. The number of amides is 1. The highest BCUT2D eigenvalue weighted by Crippen LogP contribution is 2.25. The molecule has 1 fully saturated rings. The van der Waals surface area contributed by atoms with E-state index in [1.165, 1.54) is 0 Å². The Hall–Kier alpha value is -1.14. The van der Waals surface area contributed by atoms with E-state index >= 15 is 0 Å². The summed E-state index contributed by atoms with van der Waals surface area (Å²) < 4.78 is 36.2. The molecule has 2 rings (SSSR count). The van der Waals surface area contributed by atoms with Crippen LogP contribution in [-0.2, 0) is 9.05 Å². The average Bonchev–Trinajstić information content (AvgIpc) is 2.36. The van der Waals surface area contributed by atoms with E-state index in [9.17, 15) is 17.6 Å². The van der Waals surface area contributed by atoms with Crippen LogP contribution in [0.1, 0.15) is 37.0 Å². The van der Waals surface area contributed by atoms with Crippen LogP contribution >= 0.6 is 10.7 Å². The number of nitrogens with zero attached hydrogens (tertiary/aromatic N) is 1. The molecule has 0 radical (unpaired) electrons. The average molecular weight is 334 g/mol. The van der Waals surface area contributed by atoms with Gasteiger partial charge in [0.05, 0.1) is 4.90 Å². The van der Waals surface area contributed by atoms with E-state index in [2.05, 4.69) is 6.92 Å². The van der Waals surface area contributed by atoms with Crippen molar-refractivity contribution in [2.75, 3.05) is 6.54 Å². The molecule has 116 valence electrons. The van der Waals surface area contributed by atoms with Crippen molar-refractivity contribution in [3.05, 3.63) is 29.6 Å². The summed E-state index contributed by atoms with van der Waals surface area (Å²) in [7, 11) is 1.15. The minimum atomic E-state index is -4.07. The Balaban J connectivity index is 2.33. The molecule has 0 bridgehead atoms. The van der Waals surface area contributed by atoms with E-state index in [-0.39, 0.29) is 17.5 Å². The predicted molar refractivity (Wildman–Crippen MR) is 78.3 cm³/mol. The van der Waals surface area contributed by atoms with Gasteiger partial charge in [-0.3, -0.25) is 4.79 Å². The Labute approximate surface area is 128 Å². The van der Waals surface area contributed by atoms with Crippen molar-refractivity contribution in [2.45, 2.75) is 37.6 Å². The molecule has 1 aromatic rings. The predicted octanol–water partition coefficient (Wildman–Crippen LogP) is 3.01. The molecule has 1 amide bonds. The second kappa shape index (κ2) is 5.93. The van der Waals surface area contributed by atoms with Crippen molar-refractivity contribution in [3.8, 4) is 0 Å². The molecule has 1 saturated heterocycles. The number of carbonyl (C=O) groups is 1. The molecule has 0 aromatic heterocycles. The lowest BCUT2D eigenvalue weighted by molar-refractivity contribution is 0.0588. The van der Waals surface area contributed by atoms with Gasteiger partial charge in [-0.25, -0.2) is 12.8 Å². The van der Waals surface area contributed by atoms with E-state index in [0.717, 1.165) is 31.0 Å². The van der Waals surface area contributed by atoms with Crippen LogP contribution in [0.5, 0.6) is 0 Å². The molecular weight excluding hydrogens is 317 g/mol. The normalized spacial score (nSPS) is 23.1. The van der Waals surface area contributed by atoms with Crippen molar-refractivity contribution in [3.63, 3.8) is 0 Å². The summed E-state index contributed by atoms with van der Waals surface area (Å²) >= 11 is 0. The van der Waals surface area contributed by atoms with Crippen LogP contribution < -0.4 is 0 Å². The molecule has 0 aliphatic carbocycles. The Morgan fingerprint density at radius 3 is 2.57 bits per heavy atom. The molecule has 7 heteroatoms. The minimum Gasteiger partial charge on any atom is -0.336 e. The highest BCUT2D eigenvalue weighted by Gasteiger charge is 2.28. The van der Waals surface area contributed by atoms with Crippen LogP contribution in [0.3, 0.4) is 0 Å². The number of hydrogen-bond donors (Lipinski definition) is 0. The van der Waals surface area contributed by atoms with Gasteiger partial charge in [0.15, 0.2) is 0 Å². The maximum Gasteiger partial charge on any atom is 0.261 e. The first kappa shape index (κ1) is 16.2. The number of likely N-dealkylation sites (tertiary alicyclic amines) is 1. The van der Waals surface area contributed by atoms with Crippen LogP contribution in [0.15, 0.2) is 23.1 Å². The Kier molecular flexibility index (Phi) is 4.58. The molecule has 1 aliphatic rings. The lowest BCUT2D eigenvalue weighted by Gasteiger charge is -2.36. The number of halogens is 2. The first-order valence-corrected chi connectivity index (χ1v) is 9.05. The van der Waals surface area contributed by atoms with Gasteiger partial charge in [0, 0.05) is 28.8 Å². The molecular formula is C14H17ClFNO3S. The van der Waals surface area contributed by atoms with Crippen molar-refractivity contribution in [2.24, 2.45) is 5.92 Å². The molecule has 1 aromatic carbocycles. The molecule has 0 spiro atoms. The summed E-state index contributed by atoms with van der Waals surface area (Å²) in [6, 6.07) is 3.01. The van der Waals surface area contributed by atoms with Crippen molar-refractivity contribution in [1.82, 2.24) is 4.90 Å². The maximum absolute atomic E-state index is 13.6. The Bertz CT molecular complexity index is 662. The minimum absolute atomic E-state index is 0.00984. The lowest BCUT2D eigenvalue weighted by Crippen LogP contribution is -2.44. The van der Waals surface area contributed by atoms with Crippen LogP contribution in [0.25, 0.3) is 0 Å². The van der Waals surface area contributed by atoms with Crippen molar-refractivity contribution >= 4 is 25.6 Å². The third-order valence-electron chi connectivity index (χ3n) is 3.80. The van der Waals surface area contributed by atoms with E-state index in [0.29, 0.717) is 12.5 Å². The summed E-state index contributed by atoms with van der Waals surface area (Å²) in [6.45, 7) is 4.64. The summed E-state index contributed by atoms with van der Waals surface area (Å²) in [6.07, 6.45) is 1.76. The summed E-state index contributed by atoms with van der Waals surface area (Å²) in [5, 5.41) is 0. The quantitative estimate of drug-likeness (QED) is 0.782. The number of carbonyl (C=O) groups excluding carboxylic acids is 1. The first-order chi connectivity index (χ1) is 9.68. The van der Waals surface area contributed by atoms with E-state index in [1.807, 2.05) is 6.92 Å². The molecule has 4 nitrogen and oxygen atoms in total. The van der Waals surface area contributed by atoms with Gasteiger partial charge >= 0.3 is 0 Å². The van der Waals surface area contributed by atoms with E-state index < -0.39 is 19.8 Å². The number of benzene rings is 1. The summed E-state index contributed by atoms with van der Waals surface area (Å²) in [5.74, 6) is -0.621. The number of piperidine rings is 1. The van der Waals surface area contributed by atoms with Crippen molar-refractivity contribution < 1.29 is 17.6 Å².